The van der Waals surface area contributed by atoms with Crippen LogP contribution in [-0.4, -0.2) is 29.9 Å². The maximum atomic E-state index is 12.4. The van der Waals surface area contributed by atoms with E-state index in [9.17, 15) is 4.79 Å². The third-order valence-corrected chi connectivity index (χ3v) is 2.66. The van der Waals surface area contributed by atoms with Gasteiger partial charge in [0.15, 0.2) is 5.78 Å². The number of carbonyl (C=O) groups excluding carboxylic acids is 1. The molecule has 0 aliphatic rings. The van der Waals surface area contributed by atoms with E-state index in [1.54, 1.807) is 0 Å². The molecule has 0 rings (SSSR count). The smallest absolute Gasteiger partial charge is 0.303 e. The lowest BCUT2D eigenvalue weighted by molar-refractivity contribution is -0.459. The van der Waals surface area contributed by atoms with E-state index >= 15 is 0 Å². The van der Waals surface area contributed by atoms with E-state index in [4.69, 9.17) is 11.5 Å². The molecule has 19 heavy (non-hydrogen) atoms. The third-order valence-electron chi connectivity index (χ3n) is 2.66. The Balaban J connectivity index is 4.61. The van der Waals surface area contributed by atoms with Crippen molar-refractivity contribution < 1.29 is 9.79 Å². The normalized spacial score (nSPS) is 14.0. The van der Waals surface area contributed by atoms with E-state index in [1.807, 2.05) is 20.8 Å². The lowest BCUT2D eigenvalue weighted by Gasteiger charge is -2.31. The Hall–Kier alpha value is -1.10. The molecule has 0 saturated carbocycles. The SMILES string of the molecule is CC(C)(C)N[C@@H](CCC[NH+]=C(N)N)C(=O)C(C)(C)C. The van der Waals surface area contributed by atoms with Gasteiger partial charge in [0, 0.05) is 11.0 Å². The molecule has 0 aliphatic carbocycles. The predicted octanol–water partition coefficient (Wildman–Crippen LogP) is -0.507. The van der Waals surface area contributed by atoms with Gasteiger partial charge in [-0.3, -0.25) is 21.3 Å². The topological polar surface area (TPSA) is 95.1 Å². The van der Waals surface area contributed by atoms with Gasteiger partial charge >= 0.3 is 5.96 Å². The first-order valence-electron chi connectivity index (χ1n) is 6.87. The number of guanidine groups is 1. The van der Waals surface area contributed by atoms with Gasteiger partial charge in [0.2, 0.25) is 0 Å². The highest BCUT2D eigenvalue weighted by molar-refractivity contribution is 5.88. The summed E-state index contributed by atoms with van der Waals surface area (Å²) in [4.78, 5) is 15.3. The summed E-state index contributed by atoms with van der Waals surface area (Å²) in [5, 5.41) is 3.40. The van der Waals surface area contributed by atoms with Crippen molar-refractivity contribution in [1.82, 2.24) is 5.32 Å². The van der Waals surface area contributed by atoms with Crippen molar-refractivity contribution in [2.45, 2.75) is 66.0 Å². The molecule has 5 heteroatoms. The quantitative estimate of drug-likeness (QED) is 0.297. The monoisotopic (exact) mass is 271 g/mol. The molecule has 0 fully saturated rings. The molecule has 0 aromatic heterocycles. The van der Waals surface area contributed by atoms with Crippen LogP contribution in [0.3, 0.4) is 0 Å². The van der Waals surface area contributed by atoms with E-state index in [0.29, 0.717) is 6.54 Å². The number of carbonyl (C=O) groups is 1. The molecule has 0 aliphatic heterocycles. The van der Waals surface area contributed by atoms with Gasteiger partial charge in [-0.05, 0) is 33.6 Å². The van der Waals surface area contributed by atoms with Crippen LogP contribution in [0, 0.1) is 5.41 Å². The summed E-state index contributed by atoms with van der Waals surface area (Å²) in [7, 11) is 0. The first kappa shape index (κ1) is 17.9. The van der Waals surface area contributed by atoms with Crippen molar-refractivity contribution in [1.29, 1.82) is 0 Å². The van der Waals surface area contributed by atoms with Crippen LogP contribution in [-0.2, 0) is 4.79 Å². The zero-order chi connectivity index (χ0) is 15.3. The molecule has 1 atom stereocenters. The highest BCUT2D eigenvalue weighted by Crippen LogP contribution is 2.20. The molecule has 5 nitrogen and oxygen atoms in total. The summed E-state index contributed by atoms with van der Waals surface area (Å²) in [6.07, 6.45) is 1.61. The minimum absolute atomic E-state index is 0.0853. The zero-order valence-electron chi connectivity index (χ0n) is 13.3. The summed E-state index contributed by atoms with van der Waals surface area (Å²) in [6, 6.07) is -0.138. The second kappa shape index (κ2) is 6.89. The van der Waals surface area contributed by atoms with Crippen molar-refractivity contribution in [3.05, 3.63) is 0 Å². The Morgan fingerprint density at radius 3 is 2.05 bits per heavy atom. The molecule has 0 unspecified atom stereocenters. The molecular weight excluding hydrogens is 240 g/mol. The number of nitrogens with two attached hydrogens (primary N) is 2. The van der Waals surface area contributed by atoms with E-state index in [2.05, 4.69) is 31.1 Å². The van der Waals surface area contributed by atoms with Gasteiger partial charge in [0.05, 0.1) is 12.6 Å². The third kappa shape index (κ3) is 8.59. The van der Waals surface area contributed by atoms with Crippen LogP contribution >= 0.6 is 0 Å². The van der Waals surface area contributed by atoms with Crippen molar-refractivity contribution in [2.24, 2.45) is 16.9 Å². The molecule has 0 spiro atoms. The average Bonchev–Trinajstić information content (AvgIpc) is 2.18. The molecule has 0 amide bonds. The largest absolute Gasteiger partial charge is 0.338 e. The highest BCUT2D eigenvalue weighted by Gasteiger charge is 2.31. The predicted molar refractivity (Wildman–Crippen MR) is 79.6 cm³/mol. The Morgan fingerprint density at radius 1 is 1.16 bits per heavy atom. The van der Waals surface area contributed by atoms with E-state index in [1.165, 1.54) is 0 Å². The first-order chi connectivity index (χ1) is 8.43. The zero-order valence-corrected chi connectivity index (χ0v) is 13.3. The van der Waals surface area contributed by atoms with Gasteiger partial charge in [-0.25, -0.2) is 0 Å². The molecule has 0 bridgehead atoms. The van der Waals surface area contributed by atoms with Crippen LogP contribution in [0.1, 0.15) is 54.4 Å². The Labute approximate surface area is 117 Å². The van der Waals surface area contributed by atoms with Crippen LogP contribution in [0.2, 0.25) is 0 Å². The average molecular weight is 271 g/mol. The molecule has 6 N–H and O–H groups in total. The van der Waals surface area contributed by atoms with Gasteiger partial charge in [-0.15, -0.1) is 0 Å². The second-order valence-electron chi connectivity index (χ2n) is 7.09. The minimum Gasteiger partial charge on any atom is -0.303 e. The van der Waals surface area contributed by atoms with Crippen molar-refractivity contribution in [2.75, 3.05) is 6.54 Å². The van der Waals surface area contributed by atoms with Crippen LogP contribution in [0.4, 0.5) is 0 Å². The van der Waals surface area contributed by atoms with Gasteiger partial charge in [-0.1, -0.05) is 20.8 Å². The summed E-state index contributed by atoms with van der Waals surface area (Å²) < 4.78 is 0. The Morgan fingerprint density at radius 2 is 1.68 bits per heavy atom. The minimum atomic E-state index is -0.338. The number of nitrogens with one attached hydrogen (secondary N) is 2. The standard InChI is InChI=1S/C14H30N4O/c1-13(2,3)11(19)10(18-14(4,5)6)8-7-9-17-12(15)16/h10,18H,7-9H2,1-6H3,(H4,15,16,17)/p+1/t10-/m0/s1. The summed E-state index contributed by atoms with van der Waals surface area (Å²) in [6.45, 7) is 12.8. The fraction of sp³-hybridized carbons (Fsp3) is 0.857. The maximum absolute atomic E-state index is 12.4. The number of hydrogen-bond donors (Lipinski definition) is 4. The fourth-order valence-corrected chi connectivity index (χ4v) is 1.85. The van der Waals surface area contributed by atoms with Gasteiger partial charge in [-0.2, -0.15) is 0 Å². The maximum Gasteiger partial charge on any atom is 0.338 e. The number of hydrogen-bond acceptors (Lipinski definition) is 2. The summed E-state index contributed by atoms with van der Waals surface area (Å²) in [5.41, 5.74) is 10.3. The van der Waals surface area contributed by atoms with Crippen molar-refractivity contribution >= 4 is 11.7 Å². The van der Waals surface area contributed by atoms with Gasteiger partial charge in [0.1, 0.15) is 0 Å². The van der Waals surface area contributed by atoms with Crippen LogP contribution in [0.15, 0.2) is 0 Å². The molecular formula is C14H31N4O+. The Kier molecular flexibility index (Phi) is 6.49. The number of Topliss-reactive ketones (excluding diaryl/α,β-unsaturated/α-hetero) is 1. The molecule has 0 radical (unpaired) electrons. The van der Waals surface area contributed by atoms with Crippen molar-refractivity contribution in [3.63, 3.8) is 0 Å². The fourth-order valence-electron chi connectivity index (χ4n) is 1.85. The lowest BCUT2D eigenvalue weighted by Crippen LogP contribution is -2.78. The Bertz CT molecular complexity index is 319. The van der Waals surface area contributed by atoms with Crippen LogP contribution < -0.4 is 21.8 Å². The molecule has 0 aromatic carbocycles. The number of ketones is 1. The molecule has 112 valence electrons. The van der Waals surface area contributed by atoms with E-state index < -0.39 is 0 Å². The van der Waals surface area contributed by atoms with Gasteiger partial charge in [0.25, 0.3) is 0 Å². The number of rotatable bonds is 6. The second-order valence-corrected chi connectivity index (χ2v) is 7.09. The highest BCUT2D eigenvalue weighted by atomic mass is 16.1. The van der Waals surface area contributed by atoms with Crippen LogP contribution in [0.5, 0.6) is 0 Å². The molecule has 0 saturated heterocycles. The van der Waals surface area contributed by atoms with Crippen LogP contribution in [0.25, 0.3) is 0 Å². The first-order valence-corrected chi connectivity index (χ1v) is 6.87. The summed E-state index contributed by atoms with van der Waals surface area (Å²) >= 11 is 0. The molecule has 0 aromatic rings. The van der Waals surface area contributed by atoms with Gasteiger partial charge < -0.3 is 5.32 Å². The van der Waals surface area contributed by atoms with E-state index in [0.717, 1.165) is 12.8 Å². The molecule has 0 heterocycles. The van der Waals surface area contributed by atoms with E-state index in [-0.39, 0.29) is 28.7 Å². The van der Waals surface area contributed by atoms with Crippen molar-refractivity contribution in [3.8, 4) is 0 Å². The lowest BCUT2D eigenvalue weighted by atomic mass is 9.84. The summed E-state index contributed by atoms with van der Waals surface area (Å²) in [5.74, 6) is 0.467.